The van der Waals surface area contributed by atoms with E-state index in [1.807, 2.05) is 38.2 Å². The summed E-state index contributed by atoms with van der Waals surface area (Å²) < 4.78 is 5.40. The van der Waals surface area contributed by atoms with Crippen molar-refractivity contribution >= 4 is 28.2 Å². The van der Waals surface area contributed by atoms with Gasteiger partial charge in [0.1, 0.15) is 0 Å². The number of hydrogen-bond donors (Lipinski definition) is 2. The summed E-state index contributed by atoms with van der Waals surface area (Å²) in [5.41, 5.74) is 2.64. The quantitative estimate of drug-likeness (QED) is 0.773. The fourth-order valence-electron chi connectivity index (χ4n) is 3.25. The molecule has 3 rings (SSSR count). The summed E-state index contributed by atoms with van der Waals surface area (Å²) in [6.45, 7) is 7.60. The van der Waals surface area contributed by atoms with Gasteiger partial charge in [0.15, 0.2) is 5.11 Å². The van der Waals surface area contributed by atoms with Gasteiger partial charge in [-0.3, -0.25) is 9.69 Å². The van der Waals surface area contributed by atoms with Crippen LogP contribution >= 0.6 is 12.2 Å². The highest BCUT2D eigenvalue weighted by molar-refractivity contribution is 7.80. The molecule has 140 valence electrons. The van der Waals surface area contributed by atoms with Gasteiger partial charge in [0, 0.05) is 38.8 Å². The Morgan fingerprint density at radius 1 is 1.38 bits per heavy atom. The van der Waals surface area contributed by atoms with Gasteiger partial charge >= 0.3 is 0 Å². The molecule has 0 aliphatic carbocycles. The lowest BCUT2D eigenvalue weighted by Gasteiger charge is -2.31. The van der Waals surface area contributed by atoms with Gasteiger partial charge < -0.3 is 19.9 Å². The number of pyridine rings is 1. The number of aryl methyl sites for hydroxylation is 1. The molecular formula is C19H26N4O2S. The lowest BCUT2D eigenvalue weighted by Crippen LogP contribution is -2.45. The van der Waals surface area contributed by atoms with E-state index in [1.165, 1.54) is 0 Å². The third-order valence-electron chi connectivity index (χ3n) is 4.82. The lowest BCUT2D eigenvalue weighted by molar-refractivity contribution is 0.0357. The third-order valence-corrected chi connectivity index (χ3v) is 5.28. The van der Waals surface area contributed by atoms with Crippen LogP contribution in [-0.2, 0) is 11.3 Å². The molecule has 1 fully saturated rings. The fourth-order valence-corrected chi connectivity index (χ4v) is 3.40. The summed E-state index contributed by atoms with van der Waals surface area (Å²) in [6, 6.07) is 8.01. The number of hydrogen-bond acceptors (Lipinski definition) is 4. The van der Waals surface area contributed by atoms with Crippen LogP contribution < -0.4 is 10.9 Å². The molecule has 2 N–H and O–H groups in total. The number of aromatic nitrogens is 1. The summed E-state index contributed by atoms with van der Waals surface area (Å²) in [6.07, 6.45) is 0. The third kappa shape index (κ3) is 4.41. The molecule has 1 aromatic heterocycles. The number of aromatic amines is 1. The standard InChI is InChI=1S/C19H26N4O2S/c1-14-4-3-5-15-12-16(18(24)21-17(14)15)13-23(19(26)20-2)7-6-22-8-10-25-11-9-22/h3-5,12H,6-11,13H2,1-2H3,(H,20,26)(H,21,24). The minimum atomic E-state index is -0.0536. The largest absolute Gasteiger partial charge is 0.379 e. The average molecular weight is 375 g/mol. The van der Waals surface area contributed by atoms with Gasteiger partial charge in [0.05, 0.1) is 25.3 Å². The van der Waals surface area contributed by atoms with Crippen molar-refractivity contribution in [3.63, 3.8) is 0 Å². The molecule has 2 aromatic rings. The predicted molar refractivity (Wildman–Crippen MR) is 109 cm³/mol. The first kappa shape index (κ1) is 18.8. The number of benzene rings is 1. The van der Waals surface area contributed by atoms with Crippen molar-refractivity contribution in [2.45, 2.75) is 13.5 Å². The minimum Gasteiger partial charge on any atom is -0.379 e. The first-order valence-corrected chi connectivity index (χ1v) is 9.37. The Kier molecular flexibility index (Phi) is 6.24. The van der Waals surface area contributed by atoms with E-state index in [4.69, 9.17) is 17.0 Å². The fraction of sp³-hybridized carbons (Fsp3) is 0.474. The molecule has 0 spiro atoms. The van der Waals surface area contributed by atoms with Crippen LogP contribution in [0.25, 0.3) is 10.9 Å². The molecule has 0 saturated carbocycles. The van der Waals surface area contributed by atoms with Crippen LogP contribution in [0.15, 0.2) is 29.1 Å². The van der Waals surface area contributed by atoms with Crippen LogP contribution in [0.1, 0.15) is 11.1 Å². The monoisotopic (exact) mass is 374 g/mol. The molecular weight excluding hydrogens is 348 g/mol. The van der Waals surface area contributed by atoms with E-state index in [9.17, 15) is 4.79 Å². The molecule has 0 bridgehead atoms. The number of ether oxygens (including phenoxy) is 1. The second-order valence-electron chi connectivity index (χ2n) is 6.59. The molecule has 6 nitrogen and oxygen atoms in total. The zero-order valence-corrected chi connectivity index (χ0v) is 16.2. The maximum Gasteiger partial charge on any atom is 0.253 e. The Hall–Kier alpha value is -1.96. The minimum absolute atomic E-state index is 0.0536. The highest BCUT2D eigenvalue weighted by atomic mass is 32.1. The van der Waals surface area contributed by atoms with E-state index < -0.39 is 0 Å². The van der Waals surface area contributed by atoms with Gasteiger partial charge in [-0.05, 0) is 36.2 Å². The van der Waals surface area contributed by atoms with Crippen molar-refractivity contribution in [1.82, 2.24) is 20.1 Å². The molecule has 1 aromatic carbocycles. The molecule has 1 saturated heterocycles. The van der Waals surface area contributed by atoms with Crippen molar-refractivity contribution in [3.05, 3.63) is 45.7 Å². The van der Waals surface area contributed by atoms with Crippen LogP contribution in [0, 0.1) is 6.92 Å². The molecule has 0 radical (unpaired) electrons. The van der Waals surface area contributed by atoms with Crippen LogP contribution in [-0.4, -0.2) is 66.3 Å². The molecule has 26 heavy (non-hydrogen) atoms. The number of nitrogens with one attached hydrogen (secondary N) is 2. The summed E-state index contributed by atoms with van der Waals surface area (Å²) in [5, 5.41) is 4.74. The number of rotatable bonds is 5. The summed E-state index contributed by atoms with van der Waals surface area (Å²) >= 11 is 5.46. The van der Waals surface area contributed by atoms with Gasteiger partial charge in [-0.15, -0.1) is 0 Å². The molecule has 1 aliphatic rings. The van der Waals surface area contributed by atoms with Crippen molar-refractivity contribution in [1.29, 1.82) is 0 Å². The Balaban J connectivity index is 1.77. The molecule has 0 unspecified atom stereocenters. The second-order valence-corrected chi connectivity index (χ2v) is 6.98. The summed E-state index contributed by atoms with van der Waals surface area (Å²) in [4.78, 5) is 20.0. The molecule has 0 amide bonds. The highest BCUT2D eigenvalue weighted by Gasteiger charge is 2.16. The molecule has 7 heteroatoms. The number of thiocarbonyl (C=S) groups is 1. The number of para-hydroxylation sites is 1. The van der Waals surface area contributed by atoms with E-state index in [1.54, 1.807) is 0 Å². The summed E-state index contributed by atoms with van der Waals surface area (Å²) in [5.74, 6) is 0. The Bertz CT molecular complexity index is 830. The van der Waals surface area contributed by atoms with E-state index in [2.05, 4.69) is 20.1 Å². The van der Waals surface area contributed by atoms with E-state index >= 15 is 0 Å². The van der Waals surface area contributed by atoms with Gasteiger partial charge in [0.2, 0.25) is 0 Å². The lowest BCUT2D eigenvalue weighted by atomic mass is 10.1. The maximum absolute atomic E-state index is 12.6. The number of fused-ring (bicyclic) bond motifs is 1. The van der Waals surface area contributed by atoms with Crippen LogP contribution in [0.4, 0.5) is 0 Å². The molecule has 0 atom stereocenters. The molecule has 2 heterocycles. The SMILES string of the molecule is CNC(=S)N(CCN1CCOCC1)Cc1cc2cccc(C)c2[nH]c1=O. The van der Waals surface area contributed by atoms with Gasteiger partial charge in [-0.1, -0.05) is 18.2 Å². The Labute approximate surface area is 159 Å². The van der Waals surface area contributed by atoms with Gasteiger partial charge in [0.25, 0.3) is 5.56 Å². The Morgan fingerprint density at radius 2 is 2.15 bits per heavy atom. The van der Waals surface area contributed by atoms with Gasteiger partial charge in [-0.25, -0.2) is 0 Å². The number of morpholine rings is 1. The van der Waals surface area contributed by atoms with E-state index in [0.29, 0.717) is 11.7 Å². The normalized spacial score (nSPS) is 15.2. The summed E-state index contributed by atoms with van der Waals surface area (Å²) in [7, 11) is 1.82. The van der Waals surface area contributed by atoms with Crippen molar-refractivity contribution < 1.29 is 4.74 Å². The zero-order valence-electron chi connectivity index (χ0n) is 15.4. The zero-order chi connectivity index (χ0) is 18.5. The van der Waals surface area contributed by atoms with Gasteiger partial charge in [-0.2, -0.15) is 0 Å². The van der Waals surface area contributed by atoms with Crippen molar-refractivity contribution in [3.8, 4) is 0 Å². The first-order chi connectivity index (χ1) is 12.6. The number of nitrogens with zero attached hydrogens (tertiary/aromatic N) is 2. The average Bonchev–Trinajstić information content (AvgIpc) is 2.66. The van der Waals surface area contributed by atoms with Crippen molar-refractivity contribution in [2.24, 2.45) is 0 Å². The van der Waals surface area contributed by atoms with E-state index in [-0.39, 0.29) is 5.56 Å². The van der Waals surface area contributed by atoms with E-state index in [0.717, 1.165) is 61.4 Å². The predicted octanol–water partition coefficient (Wildman–Crippen LogP) is 1.48. The smallest absolute Gasteiger partial charge is 0.253 e. The van der Waals surface area contributed by atoms with Crippen LogP contribution in [0.2, 0.25) is 0 Å². The van der Waals surface area contributed by atoms with Crippen LogP contribution in [0.5, 0.6) is 0 Å². The second kappa shape index (κ2) is 8.62. The van der Waals surface area contributed by atoms with Crippen LogP contribution in [0.3, 0.4) is 0 Å². The molecule has 1 aliphatic heterocycles. The Morgan fingerprint density at radius 3 is 2.88 bits per heavy atom. The van der Waals surface area contributed by atoms with Crippen molar-refractivity contribution in [2.75, 3.05) is 46.4 Å². The first-order valence-electron chi connectivity index (χ1n) is 8.97. The number of H-pyrrole nitrogens is 1. The highest BCUT2D eigenvalue weighted by Crippen LogP contribution is 2.16. The topological polar surface area (TPSA) is 60.6 Å². The maximum atomic E-state index is 12.6.